The Labute approximate surface area is 46.3 Å². The van der Waals surface area contributed by atoms with Gasteiger partial charge in [-0.3, -0.25) is 4.55 Å². The Morgan fingerprint density at radius 3 is 2.14 bits per heavy atom. The molecular formula is CH4ClNO3S. The van der Waals surface area contributed by atoms with Crippen LogP contribution in [0.15, 0.2) is 0 Å². The molecule has 0 bridgehead atoms. The summed E-state index contributed by atoms with van der Waals surface area (Å²) in [6.07, 6.45) is 0. The number of rotatable bonds is 2. The highest BCUT2D eigenvalue weighted by molar-refractivity contribution is 7.85. The zero-order chi connectivity index (χ0) is 5.91. The van der Waals surface area contributed by atoms with Gasteiger partial charge in [-0.25, -0.2) is 4.84 Å². The van der Waals surface area contributed by atoms with Gasteiger partial charge in [0.1, 0.15) is 5.88 Å². The predicted octanol–water partition coefficient (Wildman–Crippen LogP) is -0.425. The molecule has 0 unspecified atom stereocenters. The van der Waals surface area contributed by atoms with Crippen LogP contribution in [0, 0.1) is 0 Å². The van der Waals surface area contributed by atoms with E-state index in [4.69, 9.17) is 16.3 Å². The van der Waals surface area contributed by atoms with Crippen LogP contribution in [0.5, 0.6) is 0 Å². The first kappa shape index (κ1) is 7.16. The van der Waals surface area contributed by atoms with Crippen LogP contribution >= 0.6 is 11.8 Å². The number of hydrogen-bond acceptors (Lipinski definition) is 3. The summed E-state index contributed by atoms with van der Waals surface area (Å²) in [6.45, 7) is 0. The average Bonchev–Trinajstić information content (AvgIpc) is 1.30. The monoisotopic (exact) mass is 145 g/mol. The molecule has 2 N–H and O–H groups in total. The lowest BCUT2D eigenvalue weighted by Gasteiger charge is -1.86. The van der Waals surface area contributed by atoms with E-state index in [9.17, 15) is 8.42 Å². The van der Waals surface area contributed by atoms with Crippen molar-refractivity contribution in [3.63, 3.8) is 0 Å². The van der Waals surface area contributed by atoms with Crippen molar-refractivity contribution in [1.29, 1.82) is 0 Å². The van der Waals surface area contributed by atoms with Crippen LogP contribution in [-0.4, -0.2) is 18.8 Å². The van der Waals surface area contributed by atoms with Gasteiger partial charge in [-0.2, -0.15) is 8.42 Å². The van der Waals surface area contributed by atoms with E-state index in [0.29, 0.717) is 0 Å². The average molecular weight is 146 g/mol. The number of nitrogens with one attached hydrogen (secondary N) is 1. The van der Waals surface area contributed by atoms with E-state index in [1.165, 1.54) is 0 Å². The first-order chi connectivity index (χ1) is 3.06. The van der Waals surface area contributed by atoms with Gasteiger partial charge in [0.15, 0.2) is 0 Å². The summed E-state index contributed by atoms with van der Waals surface area (Å²) in [7, 11) is -3.92. The maximum atomic E-state index is 9.64. The van der Waals surface area contributed by atoms with E-state index >= 15 is 0 Å². The number of halogens is 1. The molecule has 0 saturated carbocycles. The second kappa shape index (κ2) is 2.46. The third-order valence-corrected chi connectivity index (χ3v) is 1.04. The van der Waals surface area contributed by atoms with Crippen LogP contribution in [0.2, 0.25) is 0 Å². The van der Waals surface area contributed by atoms with Gasteiger partial charge in [0, 0.05) is 0 Å². The highest BCUT2D eigenvalue weighted by Crippen LogP contribution is 1.75. The Morgan fingerprint density at radius 1 is 1.71 bits per heavy atom. The highest BCUT2D eigenvalue weighted by Gasteiger charge is 1.98. The van der Waals surface area contributed by atoms with Crippen LogP contribution < -0.4 is 4.84 Å². The fourth-order valence-electron chi connectivity index (χ4n) is 0.0689. The maximum Gasteiger partial charge on any atom is 0.279 e. The van der Waals surface area contributed by atoms with Crippen LogP contribution in [0.25, 0.3) is 0 Å². The topological polar surface area (TPSA) is 66.4 Å². The maximum absolute atomic E-state index is 9.64. The van der Waals surface area contributed by atoms with Crippen molar-refractivity contribution in [1.82, 2.24) is 4.84 Å². The van der Waals surface area contributed by atoms with Gasteiger partial charge in [0.05, 0.1) is 0 Å². The van der Waals surface area contributed by atoms with E-state index in [0.717, 1.165) is 0 Å². The minimum atomic E-state index is -3.92. The molecule has 0 spiro atoms. The summed E-state index contributed by atoms with van der Waals surface area (Å²) in [5, 5.41) is 0. The van der Waals surface area contributed by atoms with Crippen molar-refractivity contribution in [3.8, 4) is 0 Å². The van der Waals surface area contributed by atoms with Gasteiger partial charge in [-0.15, -0.1) is 0 Å². The quantitative estimate of drug-likeness (QED) is 0.409. The molecule has 7 heavy (non-hydrogen) atoms. The third-order valence-electron chi connectivity index (χ3n) is 0.237. The van der Waals surface area contributed by atoms with Gasteiger partial charge < -0.3 is 0 Å². The molecule has 0 heterocycles. The molecule has 0 fully saturated rings. The third kappa shape index (κ3) is 6.16. The summed E-state index contributed by atoms with van der Waals surface area (Å²) in [5.41, 5.74) is 0. The molecule has 0 saturated heterocycles. The Kier molecular flexibility index (Phi) is 2.52. The van der Waals surface area contributed by atoms with Crippen molar-refractivity contribution >= 4 is 21.9 Å². The van der Waals surface area contributed by atoms with Crippen LogP contribution in [-0.2, 0) is 10.1 Å². The lowest BCUT2D eigenvalue weighted by molar-refractivity contribution is 0.482. The molecule has 0 aromatic heterocycles. The Hall–Kier alpha value is 0.160. The second-order valence-electron chi connectivity index (χ2n) is 0.860. The first-order valence-electron chi connectivity index (χ1n) is 1.35. The minimum Gasteiger partial charge on any atom is -0.285 e. The van der Waals surface area contributed by atoms with Crippen LogP contribution in [0.3, 0.4) is 0 Å². The summed E-state index contributed by atoms with van der Waals surface area (Å²) in [4.78, 5) is 1.74. The lowest BCUT2D eigenvalue weighted by atomic mass is 11.5. The van der Waals surface area contributed by atoms with Gasteiger partial charge in [-0.1, -0.05) is 0 Å². The molecule has 0 aliphatic carbocycles. The zero-order valence-corrected chi connectivity index (χ0v) is 4.83. The van der Waals surface area contributed by atoms with Crippen molar-refractivity contribution in [2.45, 2.75) is 0 Å². The summed E-state index contributed by atoms with van der Waals surface area (Å²) < 4.78 is 27.1. The fourth-order valence-corrected chi connectivity index (χ4v) is 0.620. The molecule has 4 nitrogen and oxygen atoms in total. The Morgan fingerprint density at radius 2 is 2.14 bits per heavy atom. The predicted molar refractivity (Wildman–Crippen MR) is 25.4 cm³/mol. The standard InChI is InChI=1S/CH4ClNO3S/c2-3-1-7(4,5)6/h3H,1H2,(H,4,5,6). The largest absolute Gasteiger partial charge is 0.285 e. The smallest absolute Gasteiger partial charge is 0.279 e. The molecule has 0 aromatic carbocycles. The van der Waals surface area contributed by atoms with Crippen LogP contribution in [0.4, 0.5) is 0 Å². The highest BCUT2D eigenvalue weighted by atomic mass is 35.5. The van der Waals surface area contributed by atoms with Crippen LogP contribution in [0.1, 0.15) is 0 Å². The summed E-state index contributed by atoms with van der Waals surface area (Å²) in [6, 6.07) is 0. The van der Waals surface area contributed by atoms with Crippen molar-refractivity contribution in [2.75, 3.05) is 5.88 Å². The molecule has 0 amide bonds. The van der Waals surface area contributed by atoms with Crippen molar-refractivity contribution in [3.05, 3.63) is 0 Å². The van der Waals surface area contributed by atoms with E-state index in [1.54, 1.807) is 4.84 Å². The second-order valence-corrected chi connectivity index (χ2v) is 2.58. The molecular weight excluding hydrogens is 142 g/mol. The van der Waals surface area contributed by atoms with Crippen molar-refractivity contribution in [2.24, 2.45) is 0 Å². The minimum absolute atomic E-state index is 0.617. The molecule has 0 atom stereocenters. The van der Waals surface area contributed by atoms with Gasteiger partial charge in [0.2, 0.25) is 0 Å². The Balaban J connectivity index is 3.60. The normalized spacial score (nSPS) is 11.7. The summed E-state index contributed by atoms with van der Waals surface area (Å²) in [5.74, 6) is -0.617. The molecule has 0 rings (SSSR count). The van der Waals surface area contributed by atoms with Gasteiger partial charge in [0.25, 0.3) is 10.1 Å². The van der Waals surface area contributed by atoms with E-state index < -0.39 is 16.0 Å². The Bertz CT molecular complexity index is 128. The van der Waals surface area contributed by atoms with Crippen molar-refractivity contribution < 1.29 is 13.0 Å². The van der Waals surface area contributed by atoms with Gasteiger partial charge in [-0.05, 0) is 11.8 Å². The first-order valence-corrected chi connectivity index (χ1v) is 3.33. The molecule has 44 valence electrons. The van der Waals surface area contributed by atoms with E-state index in [-0.39, 0.29) is 0 Å². The SMILES string of the molecule is O=S(=O)(O)CNCl. The van der Waals surface area contributed by atoms with E-state index in [1.807, 2.05) is 0 Å². The molecule has 6 heteroatoms. The molecule has 0 aromatic rings. The summed E-state index contributed by atoms with van der Waals surface area (Å²) >= 11 is 4.70. The fraction of sp³-hybridized carbons (Fsp3) is 1.00. The molecule has 0 aliphatic heterocycles. The van der Waals surface area contributed by atoms with Gasteiger partial charge >= 0.3 is 0 Å². The lowest BCUT2D eigenvalue weighted by Crippen LogP contribution is -2.12. The molecule has 0 radical (unpaired) electrons. The van der Waals surface area contributed by atoms with E-state index in [2.05, 4.69) is 0 Å². The molecule has 0 aliphatic rings. The zero-order valence-electron chi connectivity index (χ0n) is 3.26. The number of hydrogen-bond donors (Lipinski definition) is 2.